The van der Waals surface area contributed by atoms with Crippen LogP contribution in [0, 0.1) is 0 Å². The van der Waals surface area contributed by atoms with Crippen molar-refractivity contribution in [2.75, 3.05) is 5.75 Å². The molecule has 178 valence electrons. The summed E-state index contributed by atoms with van der Waals surface area (Å²) in [6, 6.07) is 23.8. The highest BCUT2D eigenvalue weighted by Crippen LogP contribution is 2.29. The molecule has 0 unspecified atom stereocenters. The lowest BCUT2D eigenvalue weighted by atomic mass is 10.1. The van der Waals surface area contributed by atoms with E-state index >= 15 is 0 Å². The number of amides is 1. The van der Waals surface area contributed by atoms with Crippen LogP contribution in [-0.2, 0) is 16.6 Å². The Bertz CT molecular complexity index is 1320. The Morgan fingerprint density at radius 1 is 0.765 bits per heavy atom. The Hall–Kier alpha value is -3.12. The largest absolute Gasteiger partial charge is 0.336 e. The average Bonchev–Trinajstić information content (AvgIpc) is 3.15. The standard InChI is InChI=1S/C28H32N2O3S/c1-2-3-4-5-6-11-20-34(32,33)29-28(31)23-18-16-22(17-19-23)21-30-26-14-9-7-12-24(26)25-13-8-10-15-27(25)30/h7-10,12-19H,2-6,11,20-21H2,1H3,(H,29,31). The fraction of sp³-hybridized carbons (Fsp3) is 0.321. The van der Waals surface area contributed by atoms with Gasteiger partial charge < -0.3 is 4.57 Å². The SMILES string of the molecule is CCCCCCCCS(=O)(=O)NC(=O)c1ccc(Cn2c3ccccc3c3ccccc32)cc1. The van der Waals surface area contributed by atoms with Crippen LogP contribution in [0.5, 0.6) is 0 Å². The predicted octanol–water partition coefficient (Wildman–Crippen LogP) is 6.26. The number of benzene rings is 3. The van der Waals surface area contributed by atoms with Gasteiger partial charge in [0.25, 0.3) is 5.91 Å². The number of rotatable bonds is 11. The zero-order valence-corrected chi connectivity index (χ0v) is 20.5. The maximum atomic E-state index is 12.5. The quantitative estimate of drug-likeness (QED) is 0.260. The summed E-state index contributed by atoms with van der Waals surface area (Å²) in [5.74, 6) is -0.592. The van der Waals surface area contributed by atoms with Gasteiger partial charge in [-0.15, -0.1) is 0 Å². The van der Waals surface area contributed by atoms with Crippen LogP contribution < -0.4 is 4.72 Å². The number of carbonyl (C=O) groups excluding carboxylic acids is 1. The lowest BCUT2D eigenvalue weighted by molar-refractivity contribution is 0.0981. The summed E-state index contributed by atoms with van der Waals surface area (Å²) < 4.78 is 29.1. The summed E-state index contributed by atoms with van der Waals surface area (Å²) >= 11 is 0. The lowest BCUT2D eigenvalue weighted by Crippen LogP contribution is -2.32. The predicted molar refractivity (Wildman–Crippen MR) is 140 cm³/mol. The van der Waals surface area contributed by atoms with Crippen LogP contribution in [0.4, 0.5) is 0 Å². The van der Waals surface area contributed by atoms with E-state index in [1.54, 1.807) is 12.1 Å². The lowest BCUT2D eigenvalue weighted by Gasteiger charge is -2.10. The number of unbranched alkanes of at least 4 members (excludes halogenated alkanes) is 5. The van der Waals surface area contributed by atoms with Gasteiger partial charge in [-0.05, 0) is 36.2 Å². The summed E-state index contributed by atoms with van der Waals surface area (Å²) in [6.45, 7) is 2.81. The van der Waals surface area contributed by atoms with E-state index in [-0.39, 0.29) is 5.75 Å². The first kappa shape index (κ1) is 24.0. The molecule has 6 heteroatoms. The first-order chi connectivity index (χ1) is 16.5. The van der Waals surface area contributed by atoms with E-state index in [1.807, 2.05) is 36.4 Å². The van der Waals surface area contributed by atoms with Gasteiger partial charge in [0.15, 0.2) is 0 Å². The fourth-order valence-electron chi connectivity index (χ4n) is 4.44. The van der Waals surface area contributed by atoms with E-state index < -0.39 is 15.9 Å². The average molecular weight is 477 g/mol. The molecular formula is C28H32N2O3S. The number of aromatic nitrogens is 1. The Morgan fingerprint density at radius 2 is 1.32 bits per heavy atom. The molecule has 4 aromatic rings. The molecule has 1 aromatic heterocycles. The number of fused-ring (bicyclic) bond motifs is 3. The third kappa shape index (κ3) is 5.68. The molecule has 3 aromatic carbocycles. The fourth-order valence-corrected chi connectivity index (χ4v) is 5.53. The molecular weight excluding hydrogens is 444 g/mol. The molecule has 4 rings (SSSR count). The van der Waals surface area contributed by atoms with Crippen molar-refractivity contribution in [2.45, 2.75) is 52.0 Å². The summed E-state index contributed by atoms with van der Waals surface area (Å²) in [4.78, 5) is 12.5. The Kier molecular flexibility index (Phi) is 7.68. The molecule has 0 aliphatic heterocycles. The van der Waals surface area contributed by atoms with Gasteiger partial charge in [0.1, 0.15) is 0 Å². The number of hydrogen-bond acceptors (Lipinski definition) is 3. The summed E-state index contributed by atoms with van der Waals surface area (Å²) in [5.41, 5.74) is 3.70. The smallest absolute Gasteiger partial charge is 0.264 e. The van der Waals surface area contributed by atoms with E-state index in [4.69, 9.17) is 0 Å². The van der Waals surface area contributed by atoms with E-state index in [0.29, 0.717) is 18.5 Å². The molecule has 0 saturated heterocycles. The molecule has 1 heterocycles. The second-order valence-electron chi connectivity index (χ2n) is 8.84. The molecule has 0 atom stereocenters. The van der Waals surface area contributed by atoms with Gasteiger partial charge in [-0.25, -0.2) is 13.1 Å². The summed E-state index contributed by atoms with van der Waals surface area (Å²) in [6.07, 6.45) is 5.94. The molecule has 0 saturated carbocycles. The minimum absolute atomic E-state index is 0.0171. The van der Waals surface area contributed by atoms with Crippen molar-refractivity contribution in [3.8, 4) is 0 Å². The minimum Gasteiger partial charge on any atom is -0.336 e. The Labute approximate surface area is 201 Å². The second-order valence-corrected chi connectivity index (χ2v) is 10.7. The highest BCUT2D eigenvalue weighted by Gasteiger charge is 2.16. The third-order valence-electron chi connectivity index (χ3n) is 6.25. The molecule has 34 heavy (non-hydrogen) atoms. The monoisotopic (exact) mass is 476 g/mol. The molecule has 0 spiro atoms. The highest BCUT2D eigenvalue weighted by atomic mass is 32.2. The molecule has 1 N–H and O–H groups in total. The minimum atomic E-state index is -3.63. The van der Waals surface area contributed by atoms with Crippen molar-refractivity contribution < 1.29 is 13.2 Å². The second kappa shape index (κ2) is 10.9. The van der Waals surface area contributed by atoms with Crippen molar-refractivity contribution in [1.29, 1.82) is 0 Å². The van der Waals surface area contributed by atoms with Crippen molar-refractivity contribution in [3.05, 3.63) is 83.9 Å². The number of hydrogen-bond donors (Lipinski definition) is 1. The van der Waals surface area contributed by atoms with E-state index in [2.05, 4.69) is 40.5 Å². The van der Waals surface area contributed by atoms with Crippen LogP contribution in [0.3, 0.4) is 0 Å². The normalized spacial score (nSPS) is 11.8. The van der Waals surface area contributed by atoms with Crippen LogP contribution in [0.1, 0.15) is 61.4 Å². The van der Waals surface area contributed by atoms with Gasteiger partial charge in [0.2, 0.25) is 10.0 Å². The van der Waals surface area contributed by atoms with Crippen LogP contribution in [0.25, 0.3) is 21.8 Å². The zero-order valence-electron chi connectivity index (χ0n) is 19.7. The van der Waals surface area contributed by atoms with Gasteiger partial charge in [0.05, 0.1) is 5.75 Å². The first-order valence-corrected chi connectivity index (χ1v) is 13.7. The van der Waals surface area contributed by atoms with Crippen molar-refractivity contribution in [1.82, 2.24) is 9.29 Å². The number of nitrogens with one attached hydrogen (secondary N) is 1. The van der Waals surface area contributed by atoms with Crippen LogP contribution in [0.15, 0.2) is 72.8 Å². The van der Waals surface area contributed by atoms with Crippen molar-refractivity contribution in [3.63, 3.8) is 0 Å². The third-order valence-corrected chi connectivity index (χ3v) is 7.57. The number of sulfonamides is 1. The van der Waals surface area contributed by atoms with E-state index in [9.17, 15) is 13.2 Å². The van der Waals surface area contributed by atoms with Crippen molar-refractivity contribution >= 4 is 37.7 Å². The van der Waals surface area contributed by atoms with E-state index in [1.165, 1.54) is 17.2 Å². The molecule has 0 fully saturated rings. The zero-order chi connectivity index (χ0) is 24.0. The molecule has 0 radical (unpaired) electrons. The maximum absolute atomic E-state index is 12.5. The highest BCUT2D eigenvalue weighted by molar-refractivity contribution is 7.90. The number of carbonyl (C=O) groups is 1. The summed E-state index contributed by atoms with van der Waals surface area (Å²) in [5, 5.41) is 2.43. The van der Waals surface area contributed by atoms with Crippen molar-refractivity contribution in [2.24, 2.45) is 0 Å². The van der Waals surface area contributed by atoms with Crippen LogP contribution >= 0.6 is 0 Å². The topological polar surface area (TPSA) is 68.2 Å². The van der Waals surface area contributed by atoms with Gasteiger partial charge in [0, 0.05) is 33.9 Å². The molecule has 5 nitrogen and oxygen atoms in total. The molecule has 1 amide bonds. The molecule has 0 aliphatic rings. The van der Waals surface area contributed by atoms with Crippen LogP contribution in [0.2, 0.25) is 0 Å². The van der Waals surface area contributed by atoms with Gasteiger partial charge in [-0.1, -0.05) is 87.6 Å². The van der Waals surface area contributed by atoms with Gasteiger partial charge in [-0.3, -0.25) is 4.79 Å². The summed E-state index contributed by atoms with van der Waals surface area (Å²) in [7, 11) is -3.63. The number of nitrogens with zero attached hydrogens (tertiary/aromatic N) is 1. The van der Waals surface area contributed by atoms with Gasteiger partial charge >= 0.3 is 0 Å². The first-order valence-electron chi connectivity index (χ1n) is 12.1. The molecule has 0 bridgehead atoms. The Balaban J connectivity index is 1.41. The molecule has 0 aliphatic carbocycles. The maximum Gasteiger partial charge on any atom is 0.264 e. The Morgan fingerprint density at radius 3 is 1.94 bits per heavy atom. The van der Waals surface area contributed by atoms with Crippen LogP contribution in [-0.4, -0.2) is 24.6 Å². The number of para-hydroxylation sites is 2. The van der Waals surface area contributed by atoms with Gasteiger partial charge in [-0.2, -0.15) is 0 Å². The van der Waals surface area contributed by atoms with E-state index in [0.717, 1.165) is 42.3 Å².